The summed E-state index contributed by atoms with van der Waals surface area (Å²) >= 11 is 1.41. The molecule has 39 heavy (non-hydrogen) atoms. The maximum Gasteiger partial charge on any atom is 0.269 e. The van der Waals surface area contributed by atoms with E-state index in [1.807, 2.05) is 55.7 Å². The van der Waals surface area contributed by atoms with Gasteiger partial charge in [0.1, 0.15) is 5.82 Å². The van der Waals surface area contributed by atoms with E-state index in [1.165, 1.54) is 36.0 Å². The number of nitro benzene ring substituents is 1. The molecule has 1 aromatic heterocycles. The van der Waals surface area contributed by atoms with E-state index in [-0.39, 0.29) is 22.8 Å². The van der Waals surface area contributed by atoms with Crippen molar-refractivity contribution in [1.29, 1.82) is 0 Å². The van der Waals surface area contributed by atoms with Gasteiger partial charge in [-0.05, 0) is 47.2 Å². The summed E-state index contributed by atoms with van der Waals surface area (Å²) in [4.78, 5) is 23.9. The van der Waals surface area contributed by atoms with Crippen LogP contribution in [-0.4, -0.2) is 25.6 Å². The number of nitro groups is 1. The highest BCUT2D eigenvalue weighted by atomic mass is 32.2. The molecule has 1 N–H and O–H groups in total. The summed E-state index contributed by atoms with van der Waals surface area (Å²) < 4.78 is 15.2. The van der Waals surface area contributed by atoms with Gasteiger partial charge in [0.15, 0.2) is 11.0 Å². The summed E-state index contributed by atoms with van der Waals surface area (Å²) in [6.45, 7) is 6.01. The Morgan fingerprint density at radius 1 is 1.00 bits per heavy atom. The zero-order valence-corrected chi connectivity index (χ0v) is 22.8. The first-order valence-corrected chi connectivity index (χ1v) is 13.5. The Balaban J connectivity index is 1.74. The monoisotopic (exact) mass is 547 g/mol. The SMILES string of the molecule is CC(C)(C)CC(=O)NC(Cc1ccccc1)c1nnc(SCc2ccc(F)cc2)n1-c1ccc([N+](=O)[O-])cc1. The number of benzene rings is 3. The van der Waals surface area contributed by atoms with E-state index < -0.39 is 11.0 Å². The fourth-order valence-electron chi connectivity index (χ4n) is 4.08. The number of rotatable bonds is 10. The van der Waals surface area contributed by atoms with E-state index in [1.54, 1.807) is 24.3 Å². The molecule has 1 unspecified atom stereocenters. The summed E-state index contributed by atoms with van der Waals surface area (Å²) in [6.07, 6.45) is 0.806. The van der Waals surface area contributed by atoms with Gasteiger partial charge in [0.05, 0.1) is 11.0 Å². The van der Waals surface area contributed by atoms with Gasteiger partial charge in [0.2, 0.25) is 5.91 Å². The molecule has 0 fully saturated rings. The molecule has 3 aromatic carbocycles. The van der Waals surface area contributed by atoms with Gasteiger partial charge in [0.25, 0.3) is 5.69 Å². The lowest BCUT2D eigenvalue weighted by molar-refractivity contribution is -0.384. The Bertz CT molecular complexity index is 1420. The van der Waals surface area contributed by atoms with Crippen LogP contribution in [0, 0.1) is 21.3 Å². The van der Waals surface area contributed by atoms with E-state index >= 15 is 0 Å². The Kier molecular flexibility index (Phi) is 8.75. The van der Waals surface area contributed by atoms with Gasteiger partial charge in [-0.1, -0.05) is 75.0 Å². The number of thioether (sulfide) groups is 1. The second-order valence-electron chi connectivity index (χ2n) is 10.4. The maximum absolute atomic E-state index is 13.4. The first-order chi connectivity index (χ1) is 18.6. The highest BCUT2D eigenvalue weighted by Crippen LogP contribution is 2.30. The van der Waals surface area contributed by atoms with E-state index in [4.69, 9.17) is 0 Å². The predicted molar refractivity (Wildman–Crippen MR) is 149 cm³/mol. The van der Waals surface area contributed by atoms with Crippen molar-refractivity contribution in [2.24, 2.45) is 5.41 Å². The lowest BCUT2D eigenvalue weighted by atomic mass is 9.91. The molecule has 4 aromatic rings. The van der Waals surface area contributed by atoms with Crippen molar-refractivity contribution in [2.75, 3.05) is 0 Å². The number of nitrogens with one attached hydrogen (secondary N) is 1. The van der Waals surface area contributed by atoms with Gasteiger partial charge in [-0.3, -0.25) is 19.5 Å². The number of hydrogen-bond donors (Lipinski definition) is 1. The smallest absolute Gasteiger partial charge is 0.269 e. The molecule has 8 nitrogen and oxygen atoms in total. The van der Waals surface area contributed by atoms with E-state index in [9.17, 15) is 19.3 Å². The second-order valence-corrected chi connectivity index (χ2v) is 11.4. The van der Waals surface area contributed by atoms with Crippen LogP contribution in [-0.2, 0) is 17.0 Å². The number of amides is 1. The summed E-state index contributed by atoms with van der Waals surface area (Å²) in [6, 6.07) is 21.6. The first kappa shape index (κ1) is 28.0. The van der Waals surface area contributed by atoms with Crippen LogP contribution in [0.4, 0.5) is 10.1 Å². The Morgan fingerprint density at radius 2 is 1.67 bits per heavy atom. The van der Waals surface area contributed by atoms with Crippen LogP contribution in [0.1, 0.15) is 50.2 Å². The third-order valence-electron chi connectivity index (χ3n) is 5.88. The second kappa shape index (κ2) is 12.2. The third kappa shape index (κ3) is 7.73. The number of hydrogen-bond acceptors (Lipinski definition) is 6. The summed E-state index contributed by atoms with van der Waals surface area (Å²) in [7, 11) is 0. The summed E-state index contributed by atoms with van der Waals surface area (Å²) in [5.41, 5.74) is 2.31. The van der Waals surface area contributed by atoms with Crippen LogP contribution in [0.15, 0.2) is 84.0 Å². The highest BCUT2D eigenvalue weighted by molar-refractivity contribution is 7.98. The number of carbonyl (C=O) groups is 1. The number of carbonyl (C=O) groups excluding carboxylic acids is 1. The fourth-order valence-corrected chi connectivity index (χ4v) is 4.99. The fraction of sp³-hybridized carbons (Fsp3) is 0.276. The van der Waals surface area contributed by atoms with Crippen LogP contribution in [0.2, 0.25) is 0 Å². The lowest BCUT2D eigenvalue weighted by Crippen LogP contribution is -2.34. The molecule has 0 saturated heterocycles. The highest BCUT2D eigenvalue weighted by Gasteiger charge is 2.27. The molecule has 0 aliphatic heterocycles. The van der Waals surface area contributed by atoms with Crippen molar-refractivity contribution in [1.82, 2.24) is 20.1 Å². The molecule has 0 saturated carbocycles. The molecule has 0 aliphatic rings. The molecule has 0 aliphatic carbocycles. The average Bonchev–Trinajstić information content (AvgIpc) is 3.31. The summed E-state index contributed by atoms with van der Waals surface area (Å²) in [5.74, 6) is 0.596. The standard InChI is InChI=1S/C29H30FN5O3S/c1-29(2,3)18-26(36)31-25(17-20-7-5-4-6-8-20)27-32-33-28(39-19-21-9-11-22(30)12-10-21)34(27)23-13-15-24(16-14-23)35(37)38/h4-16,25H,17-19H2,1-3H3,(H,31,36). The van der Waals surface area contributed by atoms with Gasteiger partial charge in [-0.15, -0.1) is 10.2 Å². The molecule has 202 valence electrons. The van der Waals surface area contributed by atoms with Gasteiger partial charge in [-0.25, -0.2) is 4.39 Å². The molecule has 1 atom stereocenters. The average molecular weight is 548 g/mol. The van der Waals surface area contributed by atoms with E-state index in [0.717, 1.165) is 11.1 Å². The van der Waals surface area contributed by atoms with Crippen molar-refractivity contribution in [3.8, 4) is 5.69 Å². The van der Waals surface area contributed by atoms with Crippen molar-refractivity contribution in [3.05, 3.63) is 112 Å². The summed E-state index contributed by atoms with van der Waals surface area (Å²) in [5, 5.41) is 23.9. The minimum atomic E-state index is -0.509. The van der Waals surface area contributed by atoms with Gasteiger partial charge < -0.3 is 5.32 Å². The molecular weight excluding hydrogens is 517 g/mol. The van der Waals surface area contributed by atoms with Crippen LogP contribution >= 0.6 is 11.8 Å². The van der Waals surface area contributed by atoms with E-state index in [2.05, 4.69) is 15.5 Å². The molecule has 1 heterocycles. The van der Waals surface area contributed by atoms with Crippen molar-refractivity contribution >= 4 is 23.4 Å². The van der Waals surface area contributed by atoms with Gasteiger partial charge in [-0.2, -0.15) is 0 Å². The Morgan fingerprint density at radius 3 is 2.28 bits per heavy atom. The minimum absolute atomic E-state index is 0.0341. The zero-order valence-electron chi connectivity index (χ0n) is 22.0. The lowest BCUT2D eigenvalue weighted by Gasteiger charge is -2.23. The van der Waals surface area contributed by atoms with Crippen LogP contribution in [0.3, 0.4) is 0 Å². The molecule has 1 amide bonds. The largest absolute Gasteiger partial charge is 0.346 e. The number of halogens is 1. The first-order valence-electron chi connectivity index (χ1n) is 12.5. The maximum atomic E-state index is 13.4. The van der Waals surface area contributed by atoms with Crippen molar-refractivity contribution in [3.63, 3.8) is 0 Å². The zero-order chi connectivity index (χ0) is 28.0. The molecule has 0 radical (unpaired) electrons. The topological polar surface area (TPSA) is 103 Å². The minimum Gasteiger partial charge on any atom is -0.346 e. The molecule has 0 bridgehead atoms. The van der Waals surface area contributed by atoms with Gasteiger partial charge >= 0.3 is 0 Å². The molecular formula is C29H30FN5O3S. The number of nitrogens with zero attached hydrogens (tertiary/aromatic N) is 4. The van der Waals surface area contributed by atoms with Crippen molar-refractivity contribution in [2.45, 2.75) is 50.6 Å². The van der Waals surface area contributed by atoms with Crippen LogP contribution in [0.25, 0.3) is 5.69 Å². The van der Waals surface area contributed by atoms with E-state index in [0.29, 0.717) is 35.3 Å². The van der Waals surface area contributed by atoms with Crippen LogP contribution < -0.4 is 5.32 Å². The predicted octanol–water partition coefficient (Wildman–Crippen LogP) is 6.44. The van der Waals surface area contributed by atoms with Crippen LogP contribution in [0.5, 0.6) is 0 Å². The normalized spacial score (nSPS) is 12.2. The molecule has 10 heteroatoms. The quantitative estimate of drug-likeness (QED) is 0.139. The molecule has 4 rings (SSSR count). The Labute approximate surface area is 230 Å². The third-order valence-corrected chi connectivity index (χ3v) is 6.88. The number of aromatic nitrogens is 3. The number of non-ortho nitro benzene ring substituents is 1. The van der Waals surface area contributed by atoms with Crippen molar-refractivity contribution < 1.29 is 14.1 Å². The molecule has 0 spiro atoms. The Hall–Kier alpha value is -4.05. The van der Waals surface area contributed by atoms with Gasteiger partial charge in [0, 0.05) is 30.0 Å².